The van der Waals surface area contributed by atoms with E-state index < -0.39 is 8.56 Å². The van der Waals surface area contributed by atoms with Crippen molar-refractivity contribution in [3.63, 3.8) is 0 Å². The second-order valence-electron chi connectivity index (χ2n) is 7.32. The van der Waals surface area contributed by atoms with Gasteiger partial charge in [0, 0.05) is 14.2 Å². The number of allylic oxidation sites excluding steroid dienone is 8. The lowest BCUT2D eigenvalue weighted by molar-refractivity contribution is 0.241. The van der Waals surface area contributed by atoms with Crippen LogP contribution in [0.15, 0.2) is 47.6 Å². The van der Waals surface area contributed by atoms with Crippen LogP contribution in [0.25, 0.3) is 0 Å². The molecule has 0 saturated carbocycles. The van der Waals surface area contributed by atoms with Crippen molar-refractivity contribution in [2.45, 2.75) is 76.3 Å². The Kier molecular flexibility index (Phi) is 9.52. The summed E-state index contributed by atoms with van der Waals surface area (Å²) in [6, 6.07) is 2.14. The maximum atomic E-state index is 6.01. The molecule has 0 spiro atoms. The van der Waals surface area contributed by atoms with Crippen LogP contribution in [-0.2, 0) is 8.85 Å². The first kappa shape index (κ1) is 20.4. The van der Waals surface area contributed by atoms with Crippen molar-refractivity contribution in [1.29, 1.82) is 0 Å². The lowest BCUT2D eigenvalue weighted by Gasteiger charge is -2.28. The molecule has 0 radical (unpaired) electrons. The molecule has 0 aromatic carbocycles. The summed E-state index contributed by atoms with van der Waals surface area (Å²) in [5.41, 5.74) is 3.13. The second-order valence-corrected chi connectivity index (χ2v) is 11.0. The Morgan fingerprint density at radius 1 is 0.760 bits per heavy atom. The smallest absolute Gasteiger partial charge is 0.338 e. The van der Waals surface area contributed by atoms with Gasteiger partial charge in [-0.15, -0.1) is 0 Å². The van der Waals surface area contributed by atoms with Crippen molar-refractivity contribution < 1.29 is 8.85 Å². The molecule has 0 aromatic heterocycles. The van der Waals surface area contributed by atoms with Gasteiger partial charge in [-0.05, 0) is 76.3 Å². The summed E-state index contributed by atoms with van der Waals surface area (Å²) in [4.78, 5) is 0. The van der Waals surface area contributed by atoms with Crippen molar-refractivity contribution in [3.05, 3.63) is 47.6 Å². The molecule has 2 aliphatic rings. The van der Waals surface area contributed by atoms with Gasteiger partial charge in [-0.1, -0.05) is 47.6 Å². The number of rotatable bonds is 8. The van der Waals surface area contributed by atoms with Crippen LogP contribution in [0.2, 0.25) is 12.1 Å². The van der Waals surface area contributed by atoms with E-state index in [0.29, 0.717) is 0 Å². The van der Waals surface area contributed by atoms with E-state index in [1.807, 2.05) is 14.2 Å². The fraction of sp³-hybridized carbons (Fsp3) is 0.636. The first-order valence-electron chi connectivity index (χ1n) is 10.1. The largest absolute Gasteiger partial charge is 0.398 e. The Morgan fingerprint density at radius 3 is 1.68 bits per heavy atom. The summed E-state index contributed by atoms with van der Waals surface area (Å²) >= 11 is 0. The van der Waals surface area contributed by atoms with Crippen LogP contribution in [0.1, 0.15) is 64.2 Å². The van der Waals surface area contributed by atoms with Gasteiger partial charge in [-0.3, -0.25) is 0 Å². The molecule has 25 heavy (non-hydrogen) atoms. The molecule has 0 amide bonds. The molecule has 0 heterocycles. The number of hydrogen-bond acceptors (Lipinski definition) is 2. The zero-order valence-corrected chi connectivity index (χ0v) is 17.3. The highest BCUT2D eigenvalue weighted by molar-refractivity contribution is 6.67. The van der Waals surface area contributed by atoms with Gasteiger partial charge in [0.2, 0.25) is 0 Å². The fourth-order valence-corrected chi connectivity index (χ4v) is 6.37. The van der Waals surface area contributed by atoms with Crippen molar-refractivity contribution in [1.82, 2.24) is 0 Å². The van der Waals surface area contributed by atoms with E-state index >= 15 is 0 Å². The van der Waals surface area contributed by atoms with Gasteiger partial charge >= 0.3 is 8.56 Å². The maximum Gasteiger partial charge on any atom is 0.338 e. The van der Waals surface area contributed by atoms with Crippen molar-refractivity contribution >= 4 is 8.56 Å². The zero-order valence-electron chi connectivity index (χ0n) is 16.3. The molecule has 0 saturated heterocycles. The van der Waals surface area contributed by atoms with E-state index in [4.69, 9.17) is 8.85 Å². The first-order chi connectivity index (χ1) is 12.3. The average molecular weight is 361 g/mol. The van der Waals surface area contributed by atoms with Gasteiger partial charge in [0.15, 0.2) is 0 Å². The van der Waals surface area contributed by atoms with Crippen LogP contribution < -0.4 is 0 Å². The third-order valence-corrected chi connectivity index (χ3v) is 9.08. The second kappa shape index (κ2) is 11.7. The van der Waals surface area contributed by atoms with Crippen LogP contribution in [0.4, 0.5) is 0 Å². The third-order valence-electron chi connectivity index (χ3n) is 5.57. The molecule has 0 atom stereocenters. The minimum atomic E-state index is -2.10. The molecule has 140 valence electrons. The standard InChI is InChI=1S/C22H36O2Si/c1-23-25(24-2,19-17-21-13-9-5-3-6-10-14-21)20-18-22-15-11-7-4-8-12-16-22/h5,7,9,11,13,15H,3-4,6,8,10,12,14,16-20H2,1-2H3. The minimum Gasteiger partial charge on any atom is -0.398 e. The molecule has 2 aliphatic carbocycles. The Hall–Kier alpha value is -0.903. The molecule has 2 rings (SSSR count). The SMILES string of the molecule is CO[Si](CCC1=CC=CCCCC1)(CCC1=CC=CCCCC1)OC. The molecular weight excluding hydrogens is 324 g/mol. The molecule has 0 N–H and O–H groups in total. The van der Waals surface area contributed by atoms with Gasteiger partial charge in [0.1, 0.15) is 0 Å². The van der Waals surface area contributed by atoms with Crippen LogP contribution >= 0.6 is 0 Å². The monoisotopic (exact) mass is 360 g/mol. The van der Waals surface area contributed by atoms with E-state index in [-0.39, 0.29) is 0 Å². The summed E-state index contributed by atoms with van der Waals surface area (Å²) < 4.78 is 12.0. The predicted molar refractivity (Wildman–Crippen MR) is 110 cm³/mol. The normalized spacial score (nSPS) is 19.4. The quantitative estimate of drug-likeness (QED) is 0.453. The Morgan fingerprint density at radius 2 is 1.24 bits per heavy atom. The summed E-state index contributed by atoms with van der Waals surface area (Å²) in [7, 11) is 1.61. The van der Waals surface area contributed by atoms with Crippen LogP contribution in [-0.4, -0.2) is 22.8 Å². The Balaban J connectivity index is 1.92. The first-order valence-corrected chi connectivity index (χ1v) is 12.3. The zero-order chi connectivity index (χ0) is 17.8. The molecule has 0 aliphatic heterocycles. The van der Waals surface area contributed by atoms with E-state index in [1.165, 1.54) is 51.4 Å². The highest BCUT2D eigenvalue weighted by atomic mass is 28.4. The van der Waals surface area contributed by atoms with E-state index in [0.717, 1.165) is 24.9 Å². The van der Waals surface area contributed by atoms with Crippen LogP contribution in [0.5, 0.6) is 0 Å². The maximum absolute atomic E-state index is 6.01. The van der Waals surface area contributed by atoms with Crippen molar-refractivity contribution in [2.75, 3.05) is 14.2 Å². The van der Waals surface area contributed by atoms with Crippen molar-refractivity contribution in [3.8, 4) is 0 Å². The fourth-order valence-electron chi connectivity index (χ4n) is 3.73. The van der Waals surface area contributed by atoms with Crippen LogP contribution in [0.3, 0.4) is 0 Å². The predicted octanol–water partition coefficient (Wildman–Crippen LogP) is 6.61. The summed E-state index contributed by atoms with van der Waals surface area (Å²) in [6.45, 7) is 0. The Labute approximate surface area is 155 Å². The van der Waals surface area contributed by atoms with Gasteiger partial charge < -0.3 is 8.85 Å². The summed E-state index contributed by atoms with van der Waals surface area (Å²) in [5.74, 6) is 0. The molecule has 2 nitrogen and oxygen atoms in total. The number of hydrogen-bond donors (Lipinski definition) is 0. The van der Waals surface area contributed by atoms with Crippen molar-refractivity contribution in [2.24, 2.45) is 0 Å². The summed E-state index contributed by atoms with van der Waals surface area (Å²) in [6.07, 6.45) is 26.1. The third kappa shape index (κ3) is 7.47. The van der Waals surface area contributed by atoms with Gasteiger partial charge in [0.25, 0.3) is 0 Å². The van der Waals surface area contributed by atoms with Crippen LogP contribution in [0, 0.1) is 0 Å². The average Bonchev–Trinajstić information content (AvgIpc) is 2.58. The minimum absolute atomic E-state index is 1.07. The van der Waals surface area contributed by atoms with E-state index in [1.54, 1.807) is 11.1 Å². The molecule has 0 unspecified atom stereocenters. The highest BCUT2D eigenvalue weighted by Gasteiger charge is 2.35. The van der Waals surface area contributed by atoms with Gasteiger partial charge in [-0.25, -0.2) is 0 Å². The molecule has 0 aromatic rings. The van der Waals surface area contributed by atoms with Gasteiger partial charge in [-0.2, -0.15) is 0 Å². The van der Waals surface area contributed by atoms with Gasteiger partial charge in [0.05, 0.1) is 0 Å². The summed E-state index contributed by atoms with van der Waals surface area (Å²) in [5, 5.41) is 0. The molecule has 0 bridgehead atoms. The molecular formula is C22H36O2Si. The topological polar surface area (TPSA) is 18.5 Å². The molecule has 3 heteroatoms. The lowest BCUT2D eigenvalue weighted by atomic mass is 10.0. The van der Waals surface area contributed by atoms with E-state index in [9.17, 15) is 0 Å². The Bertz CT molecular complexity index is 456. The highest BCUT2D eigenvalue weighted by Crippen LogP contribution is 2.29. The van der Waals surface area contributed by atoms with E-state index in [2.05, 4.69) is 36.5 Å². The lowest BCUT2D eigenvalue weighted by Crippen LogP contribution is -2.40. The molecule has 0 fully saturated rings.